The molecular weight excluding hydrogens is 266 g/mol. The molecule has 0 atom stereocenters. The number of likely N-dealkylation sites (N-methyl/N-ethyl adjacent to an activating group) is 2. The second-order valence-corrected chi connectivity index (χ2v) is 6.08. The van der Waals surface area contributed by atoms with Crippen LogP contribution in [0.5, 0.6) is 0 Å². The fraction of sp³-hybridized carbons (Fsp3) is 0.571. The van der Waals surface area contributed by atoms with E-state index in [4.69, 9.17) is 5.84 Å². The molecule has 1 fully saturated rings. The number of nitrogen functional groups attached to an aromatic ring is 1. The van der Waals surface area contributed by atoms with Gasteiger partial charge in [-0.05, 0) is 33.4 Å². The van der Waals surface area contributed by atoms with E-state index in [0.717, 1.165) is 18.0 Å². The van der Waals surface area contributed by atoms with Crippen LogP contribution in [-0.2, 0) is 0 Å². The number of rotatable bonds is 5. The molecule has 0 saturated heterocycles. The molecule has 7 nitrogen and oxygen atoms in total. The lowest BCUT2D eigenvalue weighted by atomic mass is 9.75. The maximum atomic E-state index is 5.52. The fourth-order valence-corrected chi connectivity index (χ4v) is 3.09. The Bertz CT molecular complexity index is 629. The Morgan fingerprint density at radius 1 is 1.38 bits per heavy atom. The monoisotopic (exact) mass is 289 g/mol. The van der Waals surface area contributed by atoms with E-state index < -0.39 is 0 Å². The van der Waals surface area contributed by atoms with Gasteiger partial charge in [-0.1, -0.05) is 0 Å². The Hall–Kier alpha value is -1.86. The highest BCUT2D eigenvalue weighted by atomic mass is 15.3. The van der Waals surface area contributed by atoms with Gasteiger partial charge in [-0.3, -0.25) is 0 Å². The van der Waals surface area contributed by atoms with Crippen molar-refractivity contribution in [1.29, 1.82) is 0 Å². The summed E-state index contributed by atoms with van der Waals surface area (Å²) in [6.45, 7) is 0.934. The molecule has 0 amide bonds. The van der Waals surface area contributed by atoms with E-state index in [9.17, 15) is 0 Å². The lowest BCUT2D eigenvalue weighted by Gasteiger charge is -2.49. The maximum Gasteiger partial charge on any atom is 0.180 e. The Kier molecular flexibility index (Phi) is 3.46. The van der Waals surface area contributed by atoms with Gasteiger partial charge in [-0.2, -0.15) is 0 Å². The third-order valence-corrected chi connectivity index (χ3v) is 4.63. The molecule has 2 aromatic rings. The van der Waals surface area contributed by atoms with Gasteiger partial charge in [0.25, 0.3) is 0 Å². The van der Waals surface area contributed by atoms with Crippen LogP contribution in [-0.4, -0.2) is 52.5 Å². The van der Waals surface area contributed by atoms with Crippen LogP contribution in [0.4, 0.5) is 11.6 Å². The van der Waals surface area contributed by atoms with Crippen molar-refractivity contribution in [3.05, 3.63) is 18.6 Å². The minimum Gasteiger partial charge on any atom is -0.355 e. The van der Waals surface area contributed by atoms with Gasteiger partial charge in [-0.15, -0.1) is 0 Å². The zero-order chi connectivity index (χ0) is 15.0. The first-order valence-corrected chi connectivity index (χ1v) is 7.25. The SMILES string of the molecule is CN(CC1(N(C)C)CCC1)c1nc(NN)cn2ccnc12. The van der Waals surface area contributed by atoms with E-state index in [1.54, 1.807) is 6.20 Å². The molecule has 0 aromatic carbocycles. The summed E-state index contributed by atoms with van der Waals surface area (Å²) in [7, 11) is 6.38. The summed E-state index contributed by atoms with van der Waals surface area (Å²) in [4.78, 5) is 13.5. The maximum absolute atomic E-state index is 5.52. The first-order chi connectivity index (χ1) is 10.1. The molecule has 0 unspecified atom stereocenters. The zero-order valence-corrected chi connectivity index (χ0v) is 12.9. The van der Waals surface area contributed by atoms with Crippen molar-refractivity contribution < 1.29 is 0 Å². The highest BCUT2D eigenvalue weighted by Gasteiger charge is 2.40. The smallest absolute Gasteiger partial charge is 0.180 e. The molecule has 7 heteroatoms. The van der Waals surface area contributed by atoms with Crippen LogP contribution in [0.1, 0.15) is 19.3 Å². The molecule has 3 N–H and O–H groups in total. The van der Waals surface area contributed by atoms with Gasteiger partial charge in [0, 0.05) is 31.5 Å². The summed E-state index contributed by atoms with van der Waals surface area (Å²) in [5.74, 6) is 7.00. The van der Waals surface area contributed by atoms with Crippen LogP contribution in [0.15, 0.2) is 18.6 Å². The normalized spacial score (nSPS) is 17.0. The fourth-order valence-electron chi connectivity index (χ4n) is 3.09. The van der Waals surface area contributed by atoms with E-state index >= 15 is 0 Å². The molecule has 0 aliphatic heterocycles. The number of anilines is 2. The Morgan fingerprint density at radius 3 is 2.71 bits per heavy atom. The highest BCUT2D eigenvalue weighted by Crippen LogP contribution is 2.37. The Morgan fingerprint density at radius 2 is 2.14 bits per heavy atom. The first-order valence-electron chi connectivity index (χ1n) is 7.25. The van der Waals surface area contributed by atoms with E-state index in [0.29, 0.717) is 5.82 Å². The number of imidazole rings is 1. The van der Waals surface area contributed by atoms with Crippen molar-refractivity contribution in [2.75, 3.05) is 38.0 Å². The molecule has 2 aromatic heterocycles. The van der Waals surface area contributed by atoms with Crippen LogP contribution in [0.25, 0.3) is 5.65 Å². The van der Waals surface area contributed by atoms with Crippen molar-refractivity contribution in [3.8, 4) is 0 Å². The van der Waals surface area contributed by atoms with E-state index in [2.05, 4.69) is 46.3 Å². The van der Waals surface area contributed by atoms with Crippen molar-refractivity contribution in [2.24, 2.45) is 5.84 Å². The van der Waals surface area contributed by atoms with Crippen molar-refractivity contribution >= 4 is 17.3 Å². The Labute approximate surface area is 124 Å². The van der Waals surface area contributed by atoms with Gasteiger partial charge in [0.05, 0.1) is 6.20 Å². The predicted octanol–water partition coefficient (Wildman–Crippen LogP) is 0.935. The largest absolute Gasteiger partial charge is 0.355 e. The van der Waals surface area contributed by atoms with E-state index in [1.807, 2.05) is 16.8 Å². The molecule has 2 heterocycles. The van der Waals surface area contributed by atoms with Crippen LogP contribution in [0.2, 0.25) is 0 Å². The molecule has 1 saturated carbocycles. The summed E-state index contributed by atoms with van der Waals surface area (Å²) in [6, 6.07) is 0. The lowest BCUT2D eigenvalue weighted by Crippen LogP contribution is -2.57. The number of hydrazine groups is 1. The lowest BCUT2D eigenvalue weighted by molar-refractivity contribution is 0.0682. The molecule has 1 aliphatic rings. The minimum absolute atomic E-state index is 0.242. The summed E-state index contributed by atoms with van der Waals surface area (Å²) in [5, 5.41) is 0. The molecule has 0 radical (unpaired) electrons. The van der Waals surface area contributed by atoms with Crippen LogP contribution in [0.3, 0.4) is 0 Å². The minimum atomic E-state index is 0.242. The standard InChI is InChI=1S/C14H23N7/c1-19(2)14(5-4-6-14)10-20(3)13-12-16-7-8-21(12)9-11(17-13)18-15/h7-9,18H,4-6,10,15H2,1-3H3. The first kappa shape index (κ1) is 14.1. The molecule has 0 spiro atoms. The van der Waals surface area contributed by atoms with Crippen molar-refractivity contribution in [1.82, 2.24) is 19.3 Å². The number of hydrogen-bond donors (Lipinski definition) is 2. The zero-order valence-electron chi connectivity index (χ0n) is 12.9. The Balaban J connectivity index is 1.93. The van der Waals surface area contributed by atoms with Gasteiger partial charge < -0.3 is 19.6 Å². The average molecular weight is 289 g/mol. The number of aromatic nitrogens is 3. The predicted molar refractivity (Wildman–Crippen MR) is 84.3 cm³/mol. The third-order valence-electron chi connectivity index (χ3n) is 4.63. The summed E-state index contributed by atoms with van der Waals surface area (Å²) in [5.41, 5.74) is 3.71. The van der Waals surface area contributed by atoms with Crippen LogP contribution < -0.4 is 16.2 Å². The number of nitrogens with one attached hydrogen (secondary N) is 1. The average Bonchev–Trinajstić information content (AvgIpc) is 2.88. The molecule has 3 rings (SSSR count). The van der Waals surface area contributed by atoms with Gasteiger partial charge >= 0.3 is 0 Å². The van der Waals surface area contributed by atoms with Crippen LogP contribution >= 0.6 is 0 Å². The van der Waals surface area contributed by atoms with Gasteiger partial charge in [0.1, 0.15) is 0 Å². The van der Waals surface area contributed by atoms with Gasteiger partial charge in [0.15, 0.2) is 17.3 Å². The summed E-state index contributed by atoms with van der Waals surface area (Å²) in [6.07, 6.45) is 9.27. The van der Waals surface area contributed by atoms with Crippen LogP contribution in [0, 0.1) is 0 Å². The van der Waals surface area contributed by atoms with Gasteiger partial charge in [0.2, 0.25) is 0 Å². The summed E-state index contributed by atoms with van der Waals surface area (Å²) < 4.78 is 1.94. The van der Waals surface area contributed by atoms with Crippen molar-refractivity contribution in [2.45, 2.75) is 24.8 Å². The van der Waals surface area contributed by atoms with E-state index in [1.165, 1.54) is 19.3 Å². The number of fused-ring (bicyclic) bond motifs is 1. The van der Waals surface area contributed by atoms with Crippen molar-refractivity contribution in [3.63, 3.8) is 0 Å². The topological polar surface area (TPSA) is 74.7 Å². The number of nitrogens with zero attached hydrogens (tertiary/aromatic N) is 5. The number of nitrogens with two attached hydrogens (primary N) is 1. The van der Waals surface area contributed by atoms with E-state index in [-0.39, 0.29) is 5.54 Å². The second-order valence-electron chi connectivity index (χ2n) is 6.08. The third kappa shape index (κ3) is 2.32. The molecule has 114 valence electrons. The van der Waals surface area contributed by atoms with Gasteiger partial charge in [-0.25, -0.2) is 15.8 Å². The summed E-state index contributed by atoms with van der Waals surface area (Å²) >= 11 is 0. The second kappa shape index (κ2) is 5.16. The highest BCUT2D eigenvalue weighted by molar-refractivity contribution is 5.66. The molecule has 1 aliphatic carbocycles. The quantitative estimate of drug-likeness (QED) is 0.630. The molecule has 0 bridgehead atoms. The molecular formula is C14H23N7. The number of hydrogen-bond acceptors (Lipinski definition) is 6. The molecule has 21 heavy (non-hydrogen) atoms.